The van der Waals surface area contributed by atoms with Crippen molar-refractivity contribution in [3.8, 4) is 0 Å². The van der Waals surface area contributed by atoms with Crippen LogP contribution in [0.2, 0.25) is 0 Å². The largest absolute Gasteiger partial charge is 0.355 e. The topological polar surface area (TPSA) is 126 Å². The zero-order valence-corrected chi connectivity index (χ0v) is 18.6. The quantitative estimate of drug-likeness (QED) is 0.118. The summed E-state index contributed by atoms with van der Waals surface area (Å²) in [6.07, 6.45) is 0. The summed E-state index contributed by atoms with van der Waals surface area (Å²) in [6, 6.07) is 10.9. The van der Waals surface area contributed by atoms with Gasteiger partial charge < -0.3 is 10.6 Å². The second kappa shape index (κ2) is 11.6. The minimum absolute atomic E-state index is 0. The van der Waals surface area contributed by atoms with Crippen LogP contribution in [0.3, 0.4) is 0 Å². The van der Waals surface area contributed by atoms with E-state index in [9.17, 15) is 22.9 Å². The second-order valence-electron chi connectivity index (χ2n) is 5.63. The van der Waals surface area contributed by atoms with Gasteiger partial charge in [0.05, 0.1) is 9.82 Å². The van der Waals surface area contributed by atoms with E-state index in [2.05, 4.69) is 20.3 Å². The Hall–Kier alpha value is -2.32. The van der Waals surface area contributed by atoms with Crippen molar-refractivity contribution in [1.82, 2.24) is 15.4 Å². The van der Waals surface area contributed by atoms with Crippen LogP contribution in [0.4, 0.5) is 10.1 Å². The predicted molar refractivity (Wildman–Crippen MR) is 118 cm³/mol. The molecule has 0 spiro atoms. The monoisotopic (exact) mass is 537 g/mol. The molecular weight excluding hydrogens is 516 g/mol. The van der Waals surface area contributed by atoms with Crippen LogP contribution in [0.15, 0.2) is 58.4 Å². The molecule has 0 radical (unpaired) electrons. The number of halogens is 2. The first-order chi connectivity index (χ1) is 13.3. The first-order valence-corrected chi connectivity index (χ1v) is 9.73. The standard InChI is InChI=1S/C17H20FN5O4S.HI/c1-19-17(21-12-13-4-2-5-14(18)10-13)20-8-9-22-28(26,27)16-7-3-6-15(11-16)23(24)25;/h2-7,10-11,22H,8-9,12H2,1H3,(H2,19,20,21);1H. The number of rotatable bonds is 8. The van der Waals surface area contributed by atoms with Gasteiger partial charge in [0.2, 0.25) is 10.0 Å². The van der Waals surface area contributed by atoms with Crippen LogP contribution in [-0.2, 0) is 16.6 Å². The molecule has 0 aliphatic rings. The molecule has 0 bridgehead atoms. The number of nitrogens with zero attached hydrogens (tertiary/aromatic N) is 2. The van der Waals surface area contributed by atoms with E-state index >= 15 is 0 Å². The lowest BCUT2D eigenvalue weighted by Crippen LogP contribution is -2.41. The summed E-state index contributed by atoms with van der Waals surface area (Å²) in [5.41, 5.74) is 0.428. The Bertz CT molecular complexity index is 972. The average molecular weight is 537 g/mol. The molecule has 29 heavy (non-hydrogen) atoms. The minimum Gasteiger partial charge on any atom is -0.355 e. The molecule has 0 aromatic heterocycles. The Morgan fingerprint density at radius 1 is 1.14 bits per heavy atom. The first-order valence-electron chi connectivity index (χ1n) is 8.25. The zero-order chi connectivity index (χ0) is 20.6. The van der Waals surface area contributed by atoms with Crippen molar-refractivity contribution in [2.75, 3.05) is 20.1 Å². The molecule has 9 nitrogen and oxygen atoms in total. The van der Waals surface area contributed by atoms with Crippen molar-refractivity contribution in [3.05, 3.63) is 70.0 Å². The van der Waals surface area contributed by atoms with E-state index in [1.54, 1.807) is 19.2 Å². The fraction of sp³-hybridized carbons (Fsp3) is 0.235. The number of aliphatic imine (C=N–C) groups is 1. The van der Waals surface area contributed by atoms with Crippen LogP contribution in [-0.4, -0.2) is 39.4 Å². The molecule has 12 heteroatoms. The highest BCUT2D eigenvalue weighted by atomic mass is 127. The van der Waals surface area contributed by atoms with Crippen LogP contribution < -0.4 is 15.4 Å². The number of benzene rings is 2. The van der Waals surface area contributed by atoms with Gasteiger partial charge in [0, 0.05) is 38.8 Å². The second-order valence-corrected chi connectivity index (χ2v) is 7.40. The molecule has 0 amide bonds. The van der Waals surface area contributed by atoms with Gasteiger partial charge in [-0.15, -0.1) is 24.0 Å². The molecule has 0 fully saturated rings. The van der Waals surface area contributed by atoms with Gasteiger partial charge in [-0.1, -0.05) is 18.2 Å². The van der Waals surface area contributed by atoms with E-state index in [0.717, 1.165) is 11.6 Å². The van der Waals surface area contributed by atoms with Gasteiger partial charge in [0.15, 0.2) is 5.96 Å². The van der Waals surface area contributed by atoms with Crippen LogP contribution in [0.5, 0.6) is 0 Å². The minimum atomic E-state index is -3.88. The summed E-state index contributed by atoms with van der Waals surface area (Å²) in [4.78, 5) is 13.9. The van der Waals surface area contributed by atoms with E-state index in [-0.39, 0.29) is 53.5 Å². The number of non-ortho nitro benzene ring substituents is 1. The van der Waals surface area contributed by atoms with Gasteiger partial charge in [-0.3, -0.25) is 15.1 Å². The van der Waals surface area contributed by atoms with Crippen molar-refractivity contribution in [2.45, 2.75) is 11.4 Å². The maximum atomic E-state index is 13.2. The van der Waals surface area contributed by atoms with Crippen molar-refractivity contribution in [2.24, 2.45) is 4.99 Å². The van der Waals surface area contributed by atoms with Crippen LogP contribution in [0, 0.1) is 15.9 Å². The van der Waals surface area contributed by atoms with Gasteiger partial charge in [0.1, 0.15) is 5.82 Å². The first kappa shape index (κ1) is 24.7. The maximum Gasteiger partial charge on any atom is 0.270 e. The average Bonchev–Trinajstić information content (AvgIpc) is 2.67. The molecule has 2 aromatic carbocycles. The summed E-state index contributed by atoms with van der Waals surface area (Å²) in [6.45, 7) is 0.597. The summed E-state index contributed by atoms with van der Waals surface area (Å²) < 4.78 is 40.0. The zero-order valence-electron chi connectivity index (χ0n) is 15.5. The Morgan fingerprint density at radius 3 is 2.52 bits per heavy atom. The van der Waals surface area contributed by atoms with Gasteiger partial charge in [-0.05, 0) is 23.8 Å². The van der Waals surface area contributed by atoms with Gasteiger partial charge in [0.25, 0.3) is 5.69 Å². The Kier molecular flexibility index (Phi) is 9.91. The van der Waals surface area contributed by atoms with E-state index in [1.807, 2.05) is 0 Å². The number of nitro benzene ring substituents is 1. The third kappa shape index (κ3) is 7.91. The molecular formula is C17H21FIN5O4S. The molecule has 0 saturated carbocycles. The molecule has 3 N–H and O–H groups in total. The third-order valence-electron chi connectivity index (χ3n) is 3.62. The fourth-order valence-electron chi connectivity index (χ4n) is 2.27. The van der Waals surface area contributed by atoms with Crippen LogP contribution in [0.1, 0.15) is 5.56 Å². The van der Waals surface area contributed by atoms with Crippen LogP contribution in [0.25, 0.3) is 0 Å². The highest BCUT2D eigenvalue weighted by molar-refractivity contribution is 14.0. The molecule has 0 atom stereocenters. The lowest BCUT2D eigenvalue weighted by Gasteiger charge is -2.12. The molecule has 158 valence electrons. The summed E-state index contributed by atoms with van der Waals surface area (Å²) in [5.74, 6) is 0.0802. The lowest BCUT2D eigenvalue weighted by molar-refractivity contribution is -0.385. The summed E-state index contributed by atoms with van der Waals surface area (Å²) in [5, 5.41) is 16.7. The normalized spacial score (nSPS) is 11.4. The van der Waals surface area contributed by atoms with Gasteiger partial charge in [-0.25, -0.2) is 17.5 Å². The number of sulfonamides is 1. The molecule has 0 unspecified atom stereocenters. The maximum absolute atomic E-state index is 13.2. The molecule has 0 aliphatic carbocycles. The van der Waals surface area contributed by atoms with Crippen LogP contribution >= 0.6 is 24.0 Å². The summed E-state index contributed by atoms with van der Waals surface area (Å²) in [7, 11) is -2.33. The van der Waals surface area contributed by atoms with Gasteiger partial charge >= 0.3 is 0 Å². The Labute approximate surface area is 185 Å². The van der Waals surface area contributed by atoms with Crippen molar-refractivity contribution < 1.29 is 17.7 Å². The molecule has 0 saturated heterocycles. The Morgan fingerprint density at radius 2 is 1.86 bits per heavy atom. The van der Waals surface area contributed by atoms with Crippen molar-refractivity contribution in [3.63, 3.8) is 0 Å². The lowest BCUT2D eigenvalue weighted by atomic mass is 10.2. The highest BCUT2D eigenvalue weighted by Crippen LogP contribution is 2.16. The van der Waals surface area contributed by atoms with E-state index in [0.29, 0.717) is 12.5 Å². The molecule has 2 aromatic rings. The number of hydrogen-bond donors (Lipinski definition) is 3. The van der Waals surface area contributed by atoms with E-state index < -0.39 is 14.9 Å². The van der Waals surface area contributed by atoms with E-state index in [1.165, 1.54) is 30.3 Å². The molecule has 2 rings (SSSR count). The predicted octanol–water partition coefficient (Wildman–Crippen LogP) is 2.00. The SMILES string of the molecule is CN=C(NCCNS(=O)(=O)c1cccc([N+](=O)[O-])c1)NCc1cccc(F)c1.I. The third-order valence-corrected chi connectivity index (χ3v) is 5.08. The highest BCUT2D eigenvalue weighted by Gasteiger charge is 2.17. The fourth-order valence-corrected chi connectivity index (χ4v) is 3.34. The summed E-state index contributed by atoms with van der Waals surface area (Å²) >= 11 is 0. The number of hydrogen-bond acceptors (Lipinski definition) is 5. The molecule has 0 heterocycles. The van der Waals surface area contributed by atoms with E-state index in [4.69, 9.17) is 0 Å². The van der Waals surface area contributed by atoms with Crippen molar-refractivity contribution >= 4 is 45.6 Å². The molecule has 0 aliphatic heterocycles. The number of nitrogens with one attached hydrogen (secondary N) is 3. The van der Waals surface area contributed by atoms with Crippen molar-refractivity contribution in [1.29, 1.82) is 0 Å². The number of nitro groups is 1. The number of guanidine groups is 1. The smallest absolute Gasteiger partial charge is 0.270 e. The van der Waals surface area contributed by atoms with Gasteiger partial charge in [-0.2, -0.15) is 0 Å². The Balaban J connectivity index is 0.00000420.